The molecule has 0 aliphatic carbocycles. The second kappa shape index (κ2) is 6.90. The molecule has 1 amide bonds. The Morgan fingerprint density at radius 2 is 1.89 bits per heavy atom. The van der Waals surface area contributed by atoms with Crippen LogP contribution in [-0.2, 0) is 11.3 Å². The zero-order chi connectivity index (χ0) is 19.0. The number of rotatable bonds is 4. The fourth-order valence-corrected chi connectivity index (χ4v) is 3.39. The number of benzene rings is 2. The number of carbonyl (C=O) groups is 1. The molecule has 0 saturated carbocycles. The van der Waals surface area contributed by atoms with E-state index in [0.29, 0.717) is 12.6 Å². The van der Waals surface area contributed by atoms with Crippen LogP contribution < -0.4 is 0 Å². The lowest BCUT2D eigenvalue weighted by Crippen LogP contribution is -2.24. The normalized spacial score (nSPS) is 16.9. The predicted octanol–water partition coefficient (Wildman–Crippen LogP) is 3.81. The van der Waals surface area contributed by atoms with Crippen LogP contribution >= 0.6 is 0 Å². The van der Waals surface area contributed by atoms with Crippen molar-refractivity contribution in [2.45, 2.75) is 18.9 Å². The highest BCUT2D eigenvalue weighted by atomic mass is 19.2. The summed E-state index contributed by atoms with van der Waals surface area (Å²) in [6, 6.07) is 11.0. The summed E-state index contributed by atoms with van der Waals surface area (Å²) in [6.07, 6.45) is 3.50. The maximum absolute atomic E-state index is 14.0. The average molecular weight is 371 g/mol. The van der Waals surface area contributed by atoms with Crippen LogP contribution in [0.5, 0.6) is 0 Å². The third-order valence-electron chi connectivity index (χ3n) is 4.71. The molecule has 1 aromatic heterocycles. The molecule has 4 nitrogen and oxygen atoms in total. The first kappa shape index (κ1) is 17.3. The SMILES string of the molecule is O=C1CC(c2cc(F)cc(F)c2F)CN1Cc1cnn(-c2ccccc2)c1. The smallest absolute Gasteiger partial charge is 0.223 e. The molecule has 1 atom stereocenters. The van der Waals surface area contributed by atoms with Gasteiger partial charge >= 0.3 is 0 Å². The second-order valence-electron chi connectivity index (χ2n) is 6.59. The van der Waals surface area contributed by atoms with Gasteiger partial charge in [-0.15, -0.1) is 0 Å². The summed E-state index contributed by atoms with van der Waals surface area (Å²) in [5, 5.41) is 4.29. The Hall–Kier alpha value is -3.09. The molecule has 0 N–H and O–H groups in total. The molecule has 4 rings (SSSR count). The Labute approximate surface area is 153 Å². The van der Waals surface area contributed by atoms with Gasteiger partial charge in [-0.25, -0.2) is 17.9 Å². The highest BCUT2D eigenvalue weighted by Crippen LogP contribution is 2.32. The predicted molar refractivity (Wildman–Crippen MR) is 92.7 cm³/mol. The van der Waals surface area contributed by atoms with Gasteiger partial charge < -0.3 is 4.90 Å². The third-order valence-corrected chi connectivity index (χ3v) is 4.71. The van der Waals surface area contributed by atoms with Gasteiger partial charge in [-0.3, -0.25) is 4.79 Å². The van der Waals surface area contributed by atoms with Gasteiger partial charge in [0, 0.05) is 43.3 Å². The quantitative estimate of drug-likeness (QED) is 0.654. The van der Waals surface area contributed by atoms with Crippen LogP contribution in [0.2, 0.25) is 0 Å². The summed E-state index contributed by atoms with van der Waals surface area (Å²) >= 11 is 0. The number of amides is 1. The van der Waals surface area contributed by atoms with E-state index in [0.717, 1.165) is 17.3 Å². The zero-order valence-corrected chi connectivity index (χ0v) is 14.3. The van der Waals surface area contributed by atoms with Crippen molar-refractivity contribution in [1.82, 2.24) is 14.7 Å². The van der Waals surface area contributed by atoms with Crippen LogP contribution in [0.1, 0.15) is 23.5 Å². The molecule has 1 saturated heterocycles. The highest BCUT2D eigenvalue weighted by molar-refractivity contribution is 5.79. The van der Waals surface area contributed by atoms with Gasteiger partial charge in [0.2, 0.25) is 5.91 Å². The van der Waals surface area contributed by atoms with E-state index in [1.807, 2.05) is 36.5 Å². The molecule has 0 radical (unpaired) electrons. The number of nitrogens with zero attached hydrogens (tertiary/aromatic N) is 3. The largest absolute Gasteiger partial charge is 0.338 e. The summed E-state index contributed by atoms with van der Waals surface area (Å²) in [5.41, 5.74) is 1.62. The van der Waals surface area contributed by atoms with Gasteiger partial charge in [0.05, 0.1) is 11.9 Å². The first-order chi connectivity index (χ1) is 13.0. The summed E-state index contributed by atoms with van der Waals surface area (Å²) in [6.45, 7) is 0.511. The van der Waals surface area contributed by atoms with Crippen LogP contribution in [0.4, 0.5) is 13.2 Å². The van der Waals surface area contributed by atoms with Crippen LogP contribution in [0.3, 0.4) is 0 Å². The Kier molecular flexibility index (Phi) is 4.43. The summed E-state index contributed by atoms with van der Waals surface area (Å²) in [4.78, 5) is 13.9. The molecule has 138 valence electrons. The minimum Gasteiger partial charge on any atom is -0.338 e. The molecule has 0 bridgehead atoms. The molecule has 7 heteroatoms. The van der Waals surface area contributed by atoms with Gasteiger partial charge in [-0.05, 0) is 23.8 Å². The first-order valence-corrected chi connectivity index (χ1v) is 8.52. The molecule has 3 aromatic rings. The fourth-order valence-electron chi connectivity index (χ4n) is 3.39. The molecule has 2 aromatic carbocycles. The lowest BCUT2D eigenvalue weighted by molar-refractivity contribution is -0.128. The van der Waals surface area contributed by atoms with E-state index in [9.17, 15) is 18.0 Å². The number of likely N-dealkylation sites (tertiary alicyclic amines) is 1. The molecule has 1 fully saturated rings. The zero-order valence-electron chi connectivity index (χ0n) is 14.3. The van der Waals surface area contributed by atoms with Crippen LogP contribution in [0, 0.1) is 17.5 Å². The van der Waals surface area contributed by atoms with Crippen molar-refractivity contribution >= 4 is 5.91 Å². The van der Waals surface area contributed by atoms with E-state index in [-0.39, 0.29) is 24.4 Å². The standard InChI is InChI=1S/C20H16F3N3O/c21-15-7-17(20(23)18(22)8-15)14-6-19(27)25(12-14)10-13-9-24-26(11-13)16-4-2-1-3-5-16/h1-5,7-9,11,14H,6,10,12H2. The minimum absolute atomic E-state index is 0.0205. The molecule has 27 heavy (non-hydrogen) atoms. The van der Waals surface area contributed by atoms with Crippen LogP contribution in [0.15, 0.2) is 54.9 Å². The van der Waals surface area contributed by atoms with Gasteiger partial charge in [0.25, 0.3) is 0 Å². The molecule has 0 spiro atoms. The summed E-state index contributed by atoms with van der Waals surface area (Å²) in [7, 11) is 0. The van der Waals surface area contributed by atoms with Crippen molar-refractivity contribution in [3.05, 3.63) is 83.4 Å². The maximum atomic E-state index is 14.0. The van der Waals surface area contributed by atoms with E-state index >= 15 is 0 Å². The number of para-hydroxylation sites is 1. The monoisotopic (exact) mass is 371 g/mol. The average Bonchev–Trinajstić information content (AvgIpc) is 3.26. The van der Waals surface area contributed by atoms with Gasteiger partial charge in [-0.2, -0.15) is 5.10 Å². The Morgan fingerprint density at radius 3 is 2.67 bits per heavy atom. The van der Waals surface area contributed by atoms with Crippen molar-refractivity contribution in [3.63, 3.8) is 0 Å². The molecule has 1 unspecified atom stereocenters. The van der Waals surface area contributed by atoms with Gasteiger partial charge in [0.15, 0.2) is 11.6 Å². The Morgan fingerprint density at radius 1 is 1.11 bits per heavy atom. The van der Waals surface area contributed by atoms with E-state index in [4.69, 9.17) is 0 Å². The van der Waals surface area contributed by atoms with E-state index in [1.165, 1.54) is 0 Å². The first-order valence-electron chi connectivity index (χ1n) is 8.52. The van der Waals surface area contributed by atoms with Gasteiger partial charge in [0.1, 0.15) is 5.82 Å². The number of carbonyl (C=O) groups excluding carboxylic acids is 1. The van der Waals surface area contributed by atoms with Crippen molar-refractivity contribution in [2.75, 3.05) is 6.54 Å². The van der Waals surface area contributed by atoms with Crippen molar-refractivity contribution in [2.24, 2.45) is 0 Å². The van der Waals surface area contributed by atoms with Crippen molar-refractivity contribution < 1.29 is 18.0 Å². The topological polar surface area (TPSA) is 38.1 Å². The van der Waals surface area contributed by atoms with Crippen molar-refractivity contribution in [1.29, 1.82) is 0 Å². The van der Waals surface area contributed by atoms with Crippen LogP contribution in [0.25, 0.3) is 5.69 Å². The molecular formula is C20H16F3N3O. The maximum Gasteiger partial charge on any atom is 0.223 e. The highest BCUT2D eigenvalue weighted by Gasteiger charge is 2.33. The number of halogens is 3. The third kappa shape index (κ3) is 3.45. The lowest BCUT2D eigenvalue weighted by atomic mass is 9.97. The van der Waals surface area contributed by atoms with Crippen LogP contribution in [-0.4, -0.2) is 27.1 Å². The van der Waals surface area contributed by atoms with E-state index in [1.54, 1.807) is 15.8 Å². The second-order valence-corrected chi connectivity index (χ2v) is 6.59. The van der Waals surface area contributed by atoms with Gasteiger partial charge in [-0.1, -0.05) is 18.2 Å². The lowest BCUT2D eigenvalue weighted by Gasteiger charge is -2.16. The van der Waals surface area contributed by atoms with Crippen molar-refractivity contribution in [3.8, 4) is 5.69 Å². The summed E-state index contributed by atoms with van der Waals surface area (Å²) in [5.74, 6) is -3.93. The molecule has 2 heterocycles. The molecule has 1 aliphatic heterocycles. The van der Waals surface area contributed by atoms with E-state index < -0.39 is 23.4 Å². The Balaban J connectivity index is 1.50. The number of hydrogen-bond acceptors (Lipinski definition) is 2. The fraction of sp³-hybridized carbons (Fsp3) is 0.200. The minimum atomic E-state index is -1.24. The number of aromatic nitrogens is 2. The number of hydrogen-bond donors (Lipinski definition) is 0. The molecular weight excluding hydrogens is 355 g/mol. The summed E-state index contributed by atoms with van der Waals surface area (Å²) < 4.78 is 42.6. The molecule has 1 aliphatic rings. The van der Waals surface area contributed by atoms with E-state index in [2.05, 4.69) is 5.10 Å². The Bertz CT molecular complexity index is 987.